The number of hydrogen-bond donors (Lipinski definition) is 2. The van der Waals surface area contributed by atoms with Crippen molar-refractivity contribution in [2.45, 2.75) is 26.7 Å². The number of pyridine rings is 1. The minimum Gasteiger partial charge on any atom is -0.481 e. The van der Waals surface area contributed by atoms with Crippen molar-refractivity contribution in [2.75, 3.05) is 11.9 Å². The smallest absolute Gasteiger partial charge is 0.306 e. The number of carboxylic acids is 1. The molecule has 0 aliphatic carbocycles. The van der Waals surface area contributed by atoms with Crippen molar-refractivity contribution in [3.8, 4) is 0 Å². The van der Waals surface area contributed by atoms with Gasteiger partial charge in [0, 0.05) is 12.7 Å². The van der Waals surface area contributed by atoms with E-state index in [1.165, 1.54) is 0 Å². The molecule has 0 aromatic carbocycles. The van der Waals surface area contributed by atoms with E-state index >= 15 is 0 Å². The number of nitrogens with one attached hydrogen (secondary N) is 1. The molecule has 0 spiro atoms. The van der Waals surface area contributed by atoms with Gasteiger partial charge in [0.05, 0.1) is 5.92 Å². The fraction of sp³-hybridized carbons (Fsp3) is 0.500. The highest BCUT2D eigenvalue weighted by atomic mass is 16.4. The van der Waals surface area contributed by atoms with E-state index in [1.54, 1.807) is 6.92 Å². The van der Waals surface area contributed by atoms with Gasteiger partial charge in [-0.2, -0.15) is 0 Å². The molecule has 0 aliphatic rings. The molecule has 1 rings (SSSR count). The number of rotatable bonds is 6. The second-order valence-electron chi connectivity index (χ2n) is 4.03. The minimum absolute atomic E-state index is 0.271. The van der Waals surface area contributed by atoms with E-state index in [0.29, 0.717) is 6.42 Å². The van der Waals surface area contributed by atoms with Crippen LogP contribution in [0.5, 0.6) is 0 Å². The first kappa shape index (κ1) is 12.5. The van der Waals surface area contributed by atoms with Crippen molar-refractivity contribution < 1.29 is 9.90 Å². The van der Waals surface area contributed by atoms with Gasteiger partial charge >= 0.3 is 5.97 Å². The Kier molecular flexibility index (Phi) is 4.76. The topological polar surface area (TPSA) is 62.2 Å². The zero-order valence-corrected chi connectivity index (χ0v) is 9.73. The highest BCUT2D eigenvalue weighted by molar-refractivity contribution is 5.69. The van der Waals surface area contributed by atoms with Gasteiger partial charge in [-0.3, -0.25) is 4.79 Å². The fourth-order valence-corrected chi connectivity index (χ4v) is 1.32. The summed E-state index contributed by atoms with van der Waals surface area (Å²) >= 11 is 0. The molecule has 0 radical (unpaired) electrons. The number of carboxylic acid groups (broad SMARTS) is 1. The molecule has 0 bridgehead atoms. The van der Waals surface area contributed by atoms with Gasteiger partial charge in [0.2, 0.25) is 0 Å². The number of nitrogens with zero attached hydrogens (tertiary/aromatic N) is 1. The Morgan fingerprint density at radius 3 is 2.88 bits per heavy atom. The van der Waals surface area contributed by atoms with Crippen molar-refractivity contribution in [2.24, 2.45) is 5.92 Å². The van der Waals surface area contributed by atoms with E-state index in [9.17, 15) is 4.79 Å². The van der Waals surface area contributed by atoms with Crippen LogP contribution in [0.25, 0.3) is 0 Å². The molecule has 4 heteroatoms. The Bertz CT molecular complexity index is 335. The largest absolute Gasteiger partial charge is 0.481 e. The molecule has 0 saturated heterocycles. The average molecular weight is 222 g/mol. The van der Waals surface area contributed by atoms with Crippen LogP contribution >= 0.6 is 0 Å². The van der Waals surface area contributed by atoms with Crippen LogP contribution in [0.1, 0.15) is 25.3 Å². The molecule has 1 heterocycles. The van der Waals surface area contributed by atoms with E-state index in [1.807, 2.05) is 25.3 Å². The van der Waals surface area contributed by atoms with Crippen LogP contribution in [0.4, 0.5) is 5.82 Å². The van der Waals surface area contributed by atoms with Gasteiger partial charge in [0.1, 0.15) is 5.82 Å². The Hall–Kier alpha value is -1.58. The maximum atomic E-state index is 10.6. The molecule has 1 atom stereocenters. The predicted octanol–water partition coefficient (Wildman–Crippen LogP) is 2.30. The van der Waals surface area contributed by atoms with Crippen molar-refractivity contribution in [3.63, 3.8) is 0 Å². The van der Waals surface area contributed by atoms with E-state index in [-0.39, 0.29) is 5.92 Å². The van der Waals surface area contributed by atoms with Crippen LogP contribution in [-0.4, -0.2) is 22.6 Å². The lowest BCUT2D eigenvalue weighted by molar-refractivity contribution is -0.141. The predicted molar refractivity (Wildman–Crippen MR) is 63.5 cm³/mol. The summed E-state index contributed by atoms with van der Waals surface area (Å²) in [4.78, 5) is 14.8. The maximum absolute atomic E-state index is 10.6. The van der Waals surface area contributed by atoms with Gasteiger partial charge in [-0.25, -0.2) is 4.98 Å². The molecule has 0 aliphatic heterocycles. The quantitative estimate of drug-likeness (QED) is 0.725. The fourth-order valence-electron chi connectivity index (χ4n) is 1.32. The number of hydrogen-bond acceptors (Lipinski definition) is 3. The summed E-state index contributed by atoms with van der Waals surface area (Å²) in [6.07, 6.45) is 3.33. The van der Waals surface area contributed by atoms with Crippen LogP contribution in [0, 0.1) is 12.8 Å². The average Bonchev–Trinajstić information content (AvgIpc) is 2.26. The van der Waals surface area contributed by atoms with E-state index < -0.39 is 5.97 Å². The van der Waals surface area contributed by atoms with Crippen LogP contribution in [0.2, 0.25) is 0 Å². The second kappa shape index (κ2) is 6.10. The van der Waals surface area contributed by atoms with Gasteiger partial charge in [0.15, 0.2) is 0 Å². The molecule has 88 valence electrons. The minimum atomic E-state index is -0.728. The summed E-state index contributed by atoms with van der Waals surface area (Å²) in [6.45, 7) is 4.48. The first-order valence-corrected chi connectivity index (χ1v) is 5.49. The Morgan fingerprint density at radius 1 is 1.56 bits per heavy atom. The van der Waals surface area contributed by atoms with Crippen LogP contribution in [-0.2, 0) is 4.79 Å². The lowest BCUT2D eigenvalue weighted by Gasteiger charge is -2.07. The summed E-state index contributed by atoms with van der Waals surface area (Å²) in [5, 5.41) is 11.9. The molecule has 4 nitrogen and oxygen atoms in total. The van der Waals surface area contributed by atoms with Crippen molar-refractivity contribution in [1.29, 1.82) is 0 Å². The molecular weight excluding hydrogens is 204 g/mol. The molecular formula is C12H18N2O2. The number of carbonyl (C=O) groups is 1. The lowest BCUT2D eigenvalue weighted by atomic mass is 10.1. The van der Waals surface area contributed by atoms with Gasteiger partial charge in [-0.15, -0.1) is 0 Å². The van der Waals surface area contributed by atoms with Crippen LogP contribution in [0.15, 0.2) is 18.3 Å². The second-order valence-corrected chi connectivity index (χ2v) is 4.03. The van der Waals surface area contributed by atoms with E-state index in [2.05, 4.69) is 10.3 Å². The van der Waals surface area contributed by atoms with Crippen LogP contribution < -0.4 is 5.32 Å². The normalized spacial score (nSPS) is 12.1. The summed E-state index contributed by atoms with van der Waals surface area (Å²) in [7, 11) is 0. The van der Waals surface area contributed by atoms with Gasteiger partial charge in [-0.1, -0.05) is 13.0 Å². The maximum Gasteiger partial charge on any atom is 0.306 e. The SMILES string of the molecule is Cc1ccc(NCCCC(C)C(=O)O)nc1. The van der Waals surface area contributed by atoms with Gasteiger partial charge in [-0.05, 0) is 31.4 Å². The molecule has 0 fully saturated rings. The molecule has 1 unspecified atom stereocenters. The first-order valence-electron chi connectivity index (χ1n) is 5.49. The Labute approximate surface area is 95.7 Å². The number of aliphatic carboxylic acids is 1. The third kappa shape index (κ3) is 4.29. The summed E-state index contributed by atoms with van der Waals surface area (Å²) in [5.74, 6) is -0.158. The first-order chi connectivity index (χ1) is 7.59. The third-order valence-electron chi connectivity index (χ3n) is 2.45. The summed E-state index contributed by atoms with van der Waals surface area (Å²) in [6, 6.07) is 3.92. The number of aryl methyl sites for hydroxylation is 1. The lowest BCUT2D eigenvalue weighted by Crippen LogP contribution is -2.11. The molecule has 1 aromatic rings. The van der Waals surface area contributed by atoms with E-state index in [0.717, 1.165) is 24.3 Å². The van der Waals surface area contributed by atoms with Crippen molar-refractivity contribution >= 4 is 11.8 Å². The Morgan fingerprint density at radius 2 is 2.31 bits per heavy atom. The van der Waals surface area contributed by atoms with Crippen LogP contribution in [0.3, 0.4) is 0 Å². The summed E-state index contributed by atoms with van der Waals surface area (Å²) < 4.78 is 0. The Balaban J connectivity index is 2.21. The summed E-state index contributed by atoms with van der Waals surface area (Å²) in [5.41, 5.74) is 1.13. The molecule has 2 N–H and O–H groups in total. The molecule has 0 amide bonds. The zero-order chi connectivity index (χ0) is 12.0. The van der Waals surface area contributed by atoms with Crippen molar-refractivity contribution in [1.82, 2.24) is 4.98 Å². The molecule has 16 heavy (non-hydrogen) atoms. The highest BCUT2D eigenvalue weighted by Gasteiger charge is 2.09. The molecule has 1 aromatic heterocycles. The standard InChI is InChI=1S/C12H18N2O2/c1-9-5-6-11(14-8-9)13-7-3-4-10(2)12(15)16/h5-6,8,10H,3-4,7H2,1-2H3,(H,13,14)(H,15,16). The highest BCUT2D eigenvalue weighted by Crippen LogP contribution is 2.07. The molecule has 0 saturated carbocycles. The zero-order valence-electron chi connectivity index (χ0n) is 9.73. The third-order valence-corrected chi connectivity index (χ3v) is 2.45. The van der Waals surface area contributed by atoms with Gasteiger partial charge < -0.3 is 10.4 Å². The number of aromatic nitrogens is 1. The van der Waals surface area contributed by atoms with E-state index in [4.69, 9.17) is 5.11 Å². The number of anilines is 1. The van der Waals surface area contributed by atoms with Crippen molar-refractivity contribution in [3.05, 3.63) is 23.9 Å². The van der Waals surface area contributed by atoms with Gasteiger partial charge in [0.25, 0.3) is 0 Å². The monoisotopic (exact) mass is 222 g/mol.